The molecule has 0 aliphatic rings. The van der Waals surface area contributed by atoms with Crippen LogP contribution in [0.15, 0.2) is 24.3 Å². The highest BCUT2D eigenvalue weighted by molar-refractivity contribution is 5.97. The van der Waals surface area contributed by atoms with Gasteiger partial charge in [-0.05, 0) is 25.0 Å². The number of para-hydroxylation sites is 1. The number of carbonyl (C=O) groups excluding carboxylic acids is 1. The van der Waals surface area contributed by atoms with Crippen molar-refractivity contribution in [2.24, 2.45) is 5.92 Å². The minimum atomic E-state index is -3.02. The Bertz CT molecular complexity index is 526. The summed E-state index contributed by atoms with van der Waals surface area (Å²) in [4.78, 5) is 12.1. The van der Waals surface area contributed by atoms with Crippen molar-refractivity contribution in [3.8, 4) is 11.8 Å². The lowest BCUT2D eigenvalue weighted by atomic mass is 9.89. The number of ether oxygens (including phenoxy) is 1. The van der Waals surface area contributed by atoms with Crippen LogP contribution in [-0.4, -0.2) is 18.1 Å². The first kappa shape index (κ1) is 15.9. The lowest BCUT2D eigenvalue weighted by Gasteiger charge is -2.27. The van der Waals surface area contributed by atoms with Gasteiger partial charge in [-0.3, -0.25) is 4.79 Å². The highest BCUT2D eigenvalue weighted by Crippen LogP contribution is 2.22. The number of nitrogens with zero attached hydrogens (tertiary/aromatic N) is 1. The minimum Gasteiger partial charge on any atom is -0.434 e. The molecule has 1 atom stereocenters. The van der Waals surface area contributed by atoms with Crippen LogP contribution in [0.25, 0.3) is 0 Å². The average Bonchev–Trinajstić information content (AvgIpc) is 2.38. The van der Waals surface area contributed by atoms with Crippen molar-refractivity contribution in [1.82, 2.24) is 5.32 Å². The number of carbonyl (C=O) groups is 1. The van der Waals surface area contributed by atoms with Crippen molar-refractivity contribution in [2.45, 2.75) is 32.9 Å². The van der Waals surface area contributed by atoms with Gasteiger partial charge in [-0.1, -0.05) is 26.0 Å². The van der Waals surface area contributed by atoms with E-state index in [1.807, 2.05) is 6.07 Å². The molecule has 0 radical (unpaired) electrons. The van der Waals surface area contributed by atoms with Crippen LogP contribution in [0.1, 0.15) is 31.1 Å². The summed E-state index contributed by atoms with van der Waals surface area (Å²) in [6, 6.07) is 7.68. The zero-order valence-corrected chi connectivity index (χ0v) is 11.5. The third kappa shape index (κ3) is 3.67. The van der Waals surface area contributed by atoms with Gasteiger partial charge in [-0.25, -0.2) is 0 Å². The largest absolute Gasteiger partial charge is 0.434 e. The molecular weight excluding hydrogens is 266 g/mol. The smallest absolute Gasteiger partial charge is 0.387 e. The molecule has 0 unspecified atom stereocenters. The van der Waals surface area contributed by atoms with Crippen molar-refractivity contribution in [3.63, 3.8) is 0 Å². The predicted molar refractivity (Wildman–Crippen MR) is 69.4 cm³/mol. The van der Waals surface area contributed by atoms with Gasteiger partial charge in [0.25, 0.3) is 5.91 Å². The van der Waals surface area contributed by atoms with Gasteiger partial charge in [-0.2, -0.15) is 14.0 Å². The highest BCUT2D eigenvalue weighted by Gasteiger charge is 2.31. The molecule has 0 saturated heterocycles. The predicted octanol–water partition coefficient (Wildman–Crippen LogP) is 2.96. The van der Waals surface area contributed by atoms with Crippen LogP contribution in [0, 0.1) is 17.2 Å². The monoisotopic (exact) mass is 282 g/mol. The number of halogens is 2. The van der Waals surface area contributed by atoms with Crippen molar-refractivity contribution < 1.29 is 18.3 Å². The molecular formula is C14H16F2N2O2. The van der Waals surface area contributed by atoms with Gasteiger partial charge in [0.05, 0.1) is 11.6 Å². The Morgan fingerprint density at radius 2 is 2.00 bits per heavy atom. The fourth-order valence-corrected chi connectivity index (χ4v) is 1.46. The summed E-state index contributed by atoms with van der Waals surface area (Å²) >= 11 is 0. The molecule has 1 rings (SSSR count). The van der Waals surface area contributed by atoms with E-state index < -0.39 is 18.1 Å². The molecule has 4 nitrogen and oxygen atoms in total. The fraction of sp³-hybridized carbons (Fsp3) is 0.429. The molecule has 0 heterocycles. The highest BCUT2D eigenvalue weighted by atomic mass is 19.3. The normalized spacial score (nSPS) is 13.7. The number of rotatable bonds is 5. The van der Waals surface area contributed by atoms with E-state index in [9.17, 15) is 13.6 Å². The van der Waals surface area contributed by atoms with Gasteiger partial charge >= 0.3 is 6.61 Å². The van der Waals surface area contributed by atoms with E-state index in [1.165, 1.54) is 24.3 Å². The maximum atomic E-state index is 12.3. The third-order valence-corrected chi connectivity index (χ3v) is 3.11. The first-order valence-electron chi connectivity index (χ1n) is 6.07. The topological polar surface area (TPSA) is 62.1 Å². The second-order valence-electron chi connectivity index (χ2n) is 4.80. The Hall–Kier alpha value is -2.16. The SMILES string of the molecule is CC(C)[C@](C)(C#N)NC(=O)c1ccccc1OC(F)F. The van der Waals surface area contributed by atoms with Crippen LogP contribution in [0.4, 0.5) is 8.78 Å². The standard InChI is InChI=1S/C14H16F2N2O2/c1-9(2)14(3,8-17)18-12(19)10-6-4-5-7-11(10)20-13(15)16/h4-7,9,13H,1-3H3,(H,18,19)/t14-/m0/s1. The Balaban J connectivity index is 3.02. The van der Waals surface area contributed by atoms with Crippen molar-refractivity contribution in [1.29, 1.82) is 5.26 Å². The molecule has 108 valence electrons. The molecule has 0 aliphatic carbocycles. The van der Waals surface area contributed by atoms with Crippen molar-refractivity contribution in [3.05, 3.63) is 29.8 Å². The fourth-order valence-electron chi connectivity index (χ4n) is 1.46. The summed E-state index contributed by atoms with van der Waals surface area (Å²) in [5.74, 6) is -0.984. The van der Waals surface area contributed by atoms with Crippen LogP contribution in [0.2, 0.25) is 0 Å². The Kier molecular flexibility index (Phi) is 5.03. The Morgan fingerprint density at radius 3 is 2.50 bits per heavy atom. The molecule has 1 N–H and O–H groups in total. The van der Waals surface area contributed by atoms with E-state index in [2.05, 4.69) is 10.1 Å². The average molecular weight is 282 g/mol. The van der Waals surface area contributed by atoms with E-state index in [-0.39, 0.29) is 17.2 Å². The molecule has 1 aromatic rings. The molecule has 20 heavy (non-hydrogen) atoms. The molecule has 0 bridgehead atoms. The zero-order valence-electron chi connectivity index (χ0n) is 11.5. The summed E-state index contributed by atoms with van der Waals surface area (Å²) in [5.41, 5.74) is -1.12. The van der Waals surface area contributed by atoms with E-state index in [1.54, 1.807) is 20.8 Å². The lowest BCUT2D eigenvalue weighted by molar-refractivity contribution is -0.0501. The second-order valence-corrected chi connectivity index (χ2v) is 4.80. The first-order valence-corrected chi connectivity index (χ1v) is 6.07. The maximum Gasteiger partial charge on any atom is 0.387 e. The van der Waals surface area contributed by atoms with Gasteiger partial charge in [0.1, 0.15) is 11.3 Å². The van der Waals surface area contributed by atoms with Gasteiger partial charge < -0.3 is 10.1 Å². The van der Waals surface area contributed by atoms with Crippen LogP contribution in [-0.2, 0) is 0 Å². The Morgan fingerprint density at radius 1 is 1.40 bits per heavy atom. The van der Waals surface area contributed by atoms with Gasteiger partial charge in [-0.15, -0.1) is 0 Å². The van der Waals surface area contributed by atoms with Gasteiger partial charge in [0.2, 0.25) is 0 Å². The van der Waals surface area contributed by atoms with Gasteiger partial charge in [0, 0.05) is 0 Å². The molecule has 0 saturated carbocycles. The molecule has 0 aliphatic heterocycles. The van der Waals surface area contributed by atoms with E-state index >= 15 is 0 Å². The third-order valence-electron chi connectivity index (χ3n) is 3.11. The number of alkyl halides is 2. The summed E-state index contributed by atoms with van der Waals surface area (Å²) in [6.07, 6.45) is 0. The summed E-state index contributed by atoms with van der Waals surface area (Å²) in [6.45, 7) is 2.12. The van der Waals surface area contributed by atoms with E-state index in [0.717, 1.165) is 0 Å². The Labute approximate surface area is 116 Å². The molecule has 0 spiro atoms. The summed E-state index contributed by atoms with van der Waals surface area (Å²) in [5, 5.41) is 11.7. The quantitative estimate of drug-likeness (QED) is 0.903. The number of hydrogen-bond donors (Lipinski definition) is 1. The maximum absolute atomic E-state index is 12.3. The van der Waals surface area contributed by atoms with Crippen LogP contribution in [0.5, 0.6) is 5.75 Å². The second kappa shape index (κ2) is 6.33. The molecule has 0 fully saturated rings. The van der Waals surface area contributed by atoms with E-state index in [0.29, 0.717) is 0 Å². The lowest BCUT2D eigenvalue weighted by Crippen LogP contribution is -2.48. The van der Waals surface area contributed by atoms with Gasteiger partial charge in [0.15, 0.2) is 0 Å². The molecule has 6 heteroatoms. The number of nitrogens with one attached hydrogen (secondary N) is 1. The zero-order chi connectivity index (χ0) is 15.3. The number of hydrogen-bond acceptors (Lipinski definition) is 3. The molecule has 1 amide bonds. The van der Waals surface area contributed by atoms with Crippen LogP contribution >= 0.6 is 0 Å². The molecule has 1 aromatic carbocycles. The van der Waals surface area contributed by atoms with E-state index in [4.69, 9.17) is 5.26 Å². The van der Waals surface area contributed by atoms with Crippen molar-refractivity contribution >= 4 is 5.91 Å². The molecule has 0 aromatic heterocycles. The number of amides is 1. The minimum absolute atomic E-state index is 0.0325. The van der Waals surface area contributed by atoms with Crippen molar-refractivity contribution in [2.75, 3.05) is 0 Å². The van der Waals surface area contributed by atoms with Crippen LogP contribution < -0.4 is 10.1 Å². The summed E-state index contributed by atoms with van der Waals surface area (Å²) in [7, 11) is 0. The summed E-state index contributed by atoms with van der Waals surface area (Å²) < 4.78 is 28.9. The number of nitriles is 1. The number of benzene rings is 1. The van der Waals surface area contributed by atoms with Crippen LogP contribution in [0.3, 0.4) is 0 Å². The first-order chi connectivity index (χ1) is 9.30.